The van der Waals surface area contributed by atoms with Crippen LogP contribution in [0.15, 0.2) is 38.0 Å². The molecule has 1 heterocycles. The maximum Gasteiger partial charge on any atom is 0.245 e. The Kier molecular flexibility index (Phi) is 2.97. The predicted molar refractivity (Wildman–Crippen MR) is 47.6 cm³/mol. The normalized spacial score (nSPS) is 11.7. The lowest BCUT2D eigenvalue weighted by Gasteiger charge is -2.12. The molecule has 0 aromatic carbocycles. The molecule has 0 aliphatic carbocycles. The van der Waals surface area contributed by atoms with Crippen molar-refractivity contribution in [2.75, 3.05) is 0 Å². The third-order valence-electron chi connectivity index (χ3n) is 1.42. The second-order valence-corrected chi connectivity index (χ2v) is 2.27. The van der Waals surface area contributed by atoms with Crippen molar-refractivity contribution in [1.29, 1.82) is 0 Å². The first-order chi connectivity index (χ1) is 6.27. The van der Waals surface area contributed by atoms with E-state index in [1.165, 1.54) is 23.4 Å². The Bertz CT molecular complexity index is 304. The van der Waals surface area contributed by atoms with E-state index in [1.54, 1.807) is 6.08 Å². The summed E-state index contributed by atoms with van der Waals surface area (Å²) in [7, 11) is 0. The smallest absolute Gasteiger partial charge is 0.245 e. The van der Waals surface area contributed by atoms with E-state index in [-0.39, 0.29) is 12.1 Å². The van der Waals surface area contributed by atoms with E-state index in [9.17, 15) is 4.79 Å². The standard InChI is InChI=1S/C8H10N4O/c1-3-7(11-8(13)4-2)12-6-9-5-10-12/h3-7H,1-2H2,(H,11,13). The molecule has 1 amide bonds. The van der Waals surface area contributed by atoms with Crippen molar-refractivity contribution in [3.05, 3.63) is 38.0 Å². The maximum atomic E-state index is 10.9. The van der Waals surface area contributed by atoms with Crippen molar-refractivity contribution in [3.8, 4) is 0 Å². The highest BCUT2D eigenvalue weighted by Gasteiger charge is 2.07. The molecule has 1 atom stereocenters. The quantitative estimate of drug-likeness (QED) is 0.531. The highest BCUT2D eigenvalue weighted by molar-refractivity contribution is 5.87. The fourth-order valence-electron chi connectivity index (χ4n) is 0.799. The largest absolute Gasteiger partial charge is 0.327 e. The Labute approximate surface area is 75.8 Å². The molecule has 1 N–H and O–H groups in total. The number of carbonyl (C=O) groups is 1. The Hall–Kier alpha value is -1.91. The Balaban J connectivity index is 2.69. The lowest BCUT2D eigenvalue weighted by atomic mass is 10.4. The van der Waals surface area contributed by atoms with E-state index in [2.05, 4.69) is 28.6 Å². The van der Waals surface area contributed by atoms with Crippen molar-refractivity contribution in [3.63, 3.8) is 0 Å². The van der Waals surface area contributed by atoms with E-state index < -0.39 is 0 Å². The maximum absolute atomic E-state index is 10.9. The summed E-state index contributed by atoms with van der Waals surface area (Å²) in [6.45, 7) is 6.90. The van der Waals surface area contributed by atoms with Crippen LogP contribution in [0.2, 0.25) is 0 Å². The van der Waals surface area contributed by atoms with Crippen LogP contribution in [0, 0.1) is 0 Å². The van der Waals surface area contributed by atoms with Gasteiger partial charge in [-0.15, -0.1) is 0 Å². The fraction of sp³-hybridized carbons (Fsp3) is 0.125. The zero-order valence-corrected chi connectivity index (χ0v) is 7.05. The Morgan fingerprint density at radius 2 is 2.38 bits per heavy atom. The van der Waals surface area contributed by atoms with Crippen molar-refractivity contribution in [2.24, 2.45) is 0 Å². The van der Waals surface area contributed by atoms with Gasteiger partial charge >= 0.3 is 0 Å². The molecule has 0 radical (unpaired) electrons. The molecule has 68 valence electrons. The van der Waals surface area contributed by atoms with E-state index in [1.807, 2.05) is 0 Å². The molecular formula is C8H10N4O. The first-order valence-corrected chi connectivity index (χ1v) is 3.67. The summed E-state index contributed by atoms with van der Waals surface area (Å²) in [5, 5.41) is 6.46. The minimum Gasteiger partial charge on any atom is -0.327 e. The molecule has 1 unspecified atom stereocenters. The van der Waals surface area contributed by atoms with Gasteiger partial charge in [-0.05, 0) is 12.2 Å². The third kappa shape index (κ3) is 2.26. The van der Waals surface area contributed by atoms with Crippen LogP contribution in [0.5, 0.6) is 0 Å². The summed E-state index contributed by atoms with van der Waals surface area (Å²) in [6.07, 6.45) is 5.24. The monoisotopic (exact) mass is 178 g/mol. The second-order valence-electron chi connectivity index (χ2n) is 2.27. The molecule has 0 aliphatic rings. The van der Waals surface area contributed by atoms with Gasteiger partial charge in [-0.25, -0.2) is 9.67 Å². The van der Waals surface area contributed by atoms with Crippen LogP contribution < -0.4 is 5.32 Å². The van der Waals surface area contributed by atoms with Gasteiger partial charge < -0.3 is 5.32 Å². The summed E-state index contributed by atoms with van der Waals surface area (Å²) in [5.74, 6) is -0.277. The molecular weight excluding hydrogens is 168 g/mol. The molecule has 0 fully saturated rings. The van der Waals surface area contributed by atoms with Crippen LogP contribution in [0.25, 0.3) is 0 Å². The van der Waals surface area contributed by atoms with Crippen LogP contribution in [0.4, 0.5) is 0 Å². The van der Waals surface area contributed by atoms with E-state index in [0.29, 0.717) is 0 Å². The molecule has 0 spiro atoms. The summed E-state index contributed by atoms with van der Waals surface area (Å²) in [6, 6.07) is 0. The molecule has 5 heteroatoms. The molecule has 1 aromatic heterocycles. The Morgan fingerprint density at radius 3 is 2.85 bits per heavy atom. The summed E-state index contributed by atoms with van der Waals surface area (Å²) >= 11 is 0. The van der Waals surface area contributed by atoms with Gasteiger partial charge in [0, 0.05) is 0 Å². The van der Waals surface area contributed by atoms with Crippen LogP contribution in [-0.4, -0.2) is 20.7 Å². The average Bonchev–Trinajstić information content (AvgIpc) is 2.66. The van der Waals surface area contributed by atoms with Gasteiger partial charge in [0.2, 0.25) is 5.91 Å². The van der Waals surface area contributed by atoms with Gasteiger partial charge in [0.25, 0.3) is 0 Å². The van der Waals surface area contributed by atoms with Crippen LogP contribution in [0.1, 0.15) is 6.17 Å². The fourth-order valence-corrected chi connectivity index (χ4v) is 0.799. The predicted octanol–water partition coefficient (Wildman–Crippen LogP) is 0.265. The van der Waals surface area contributed by atoms with Crippen molar-refractivity contribution in [1.82, 2.24) is 20.1 Å². The van der Waals surface area contributed by atoms with Gasteiger partial charge in [-0.3, -0.25) is 4.79 Å². The topological polar surface area (TPSA) is 59.8 Å². The summed E-state index contributed by atoms with van der Waals surface area (Å²) < 4.78 is 1.48. The molecule has 5 nitrogen and oxygen atoms in total. The lowest BCUT2D eigenvalue weighted by Crippen LogP contribution is -2.29. The van der Waals surface area contributed by atoms with Crippen LogP contribution in [-0.2, 0) is 4.79 Å². The zero-order valence-electron chi connectivity index (χ0n) is 7.05. The number of aromatic nitrogens is 3. The van der Waals surface area contributed by atoms with Gasteiger partial charge in [0.1, 0.15) is 18.8 Å². The SMILES string of the molecule is C=CC(=O)NC(C=C)n1cncn1. The highest BCUT2D eigenvalue weighted by atomic mass is 16.1. The van der Waals surface area contributed by atoms with Crippen molar-refractivity contribution < 1.29 is 4.79 Å². The minimum absolute atomic E-state index is 0.277. The molecule has 1 rings (SSSR count). The van der Waals surface area contributed by atoms with E-state index >= 15 is 0 Å². The third-order valence-corrected chi connectivity index (χ3v) is 1.42. The first kappa shape index (κ1) is 9.18. The number of nitrogens with zero attached hydrogens (tertiary/aromatic N) is 3. The molecule has 0 saturated carbocycles. The van der Waals surface area contributed by atoms with E-state index in [4.69, 9.17) is 0 Å². The number of rotatable bonds is 4. The van der Waals surface area contributed by atoms with Gasteiger partial charge in [0.15, 0.2) is 0 Å². The first-order valence-electron chi connectivity index (χ1n) is 3.67. The number of hydrogen-bond acceptors (Lipinski definition) is 3. The van der Waals surface area contributed by atoms with Gasteiger partial charge in [0.05, 0.1) is 0 Å². The number of nitrogens with one attached hydrogen (secondary N) is 1. The highest BCUT2D eigenvalue weighted by Crippen LogP contribution is 1.99. The van der Waals surface area contributed by atoms with Crippen LogP contribution in [0.3, 0.4) is 0 Å². The Morgan fingerprint density at radius 1 is 1.62 bits per heavy atom. The number of amides is 1. The summed E-state index contributed by atoms with van der Waals surface area (Å²) in [5.41, 5.74) is 0. The zero-order chi connectivity index (χ0) is 9.68. The minimum atomic E-state index is -0.381. The van der Waals surface area contributed by atoms with E-state index in [0.717, 1.165) is 0 Å². The van der Waals surface area contributed by atoms with Crippen molar-refractivity contribution in [2.45, 2.75) is 6.17 Å². The second kappa shape index (κ2) is 4.20. The molecule has 13 heavy (non-hydrogen) atoms. The molecule has 0 bridgehead atoms. The molecule has 1 aromatic rings. The molecule has 0 aliphatic heterocycles. The van der Waals surface area contributed by atoms with Crippen molar-refractivity contribution >= 4 is 5.91 Å². The lowest BCUT2D eigenvalue weighted by molar-refractivity contribution is -0.117. The van der Waals surface area contributed by atoms with Crippen LogP contribution >= 0.6 is 0 Å². The number of hydrogen-bond donors (Lipinski definition) is 1. The van der Waals surface area contributed by atoms with Gasteiger partial charge in [-0.2, -0.15) is 5.10 Å². The summed E-state index contributed by atoms with van der Waals surface area (Å²) in [4.78, 5) is 14.7. The average molecular weight is 178 g/mol. The molecule has 0 saturated heterocycles. The van der Waals surface area contributed by atoms with Gasteiger partial charge in [-0.1, -0.05) is 13.2 Å². The number of carbonyl (C=O) groups excluding carboxylic acids is 1.